The molecule has 1 aromatic carbocycles. The van der Waals surface area contributed by atoms with E-state index in [4.69, 9.17) is 10.5 Å². The lowest BCUT2D eigenvalue weighted by Gasteiger charge is -2.13. The molecule has 2 aromatic rings. The van der Waals surface area contributed by atoms with E-state index in [9.17, 15) is 8.42 Å². The minimum Gasteiger partial charge on any atom is -0.467 e. The highest BCUT2D eigenvalue weighted by molar-refractivity contribution is 7.92. The van der Waals surface area contributed by atoms with Gasteiger partial charge >= 0.3 is 6.01 Å². The largest absolute Gasteiger partial charge is 0.467 e. The third-order valence-electron chi connectivity index (χ3n) is 2.99. The lowest BCUT2D eigenvalue weighted by atomic mass is 10.2. The molecule has 0 unspecified atom stereocenters. The Hall–Kier alpha value is -2.35. The smallest absolute Gasteiger partial charge is 0.318 e. The zero-order valence-electron chi connectivity index (χ0n) is 11.9. The van der Waals surface area contributed by atoms with Gasteiger partial charge in [-0.05, 0) is 26.0 Å². The monoisotopic (exact) mass is 308 g/mol. The van der Waals surface area contributed by atoms with Gasteiger partial charge < -0.3 is 10.5 Å². The Morgan fingerprint density at radius 2 is 1.86 bits per heavy atom. The van der Waals surface area contributed by atoms with Gasteiger partial charge in [-0.25, -0.2) is 13.4 Å². The van der Waals surface area contributed by atoms with Crippen molar-refractivity contribution in [3.8, 4) is 6.01 Å². The molecule has 0 spiro atoms. The van der Waals surface area contributed by atoms with Gasteiger partial charge in [0.15, 0.2) is 0 Å². The first-order valence-electron chi connectivity index (χ1n) is 6.11. The van der Waals surface area contributed by atoms with Gasteiger partial charge in [0, 0.05) is 11.3 Å². The summed E-state index contributed by atoms with van der Waals surface area (Å²) >= 11 is 0. The maximum atomic E-state index is 12.4. The summed E-state index contributed by atoms with van der Waals surface area (Å²) < 4.78 is 32.2. The lowest BCUT2D eigenvalue weighted by Crippen LogP contribution is -2.17. The Balaban J connectivity index is 2.47. The fourth-order valence-electron chi connectivity index (χ4n) is 1.70. The second-order valence-corrected chi connectivity index (χ2v) is 6.06. The molecular weight excluding hydrogens is 292 g/mol. The SMILES string of the molecule is COc1nc(C)c(C)c(NS(=O)(=O)c2ccccc2N)n1. The van der Waals surface area contributed by atoms with Crippen molar-refractivity contribution in [1.29, 1.82) is 0 Å². The van der Waals surface area contributed by atoms with Crippen LogP contribution in [0, 0.1) is 13.8 Å². The number of nitrogens with zero attached hydrogens (tertiary/aromatic N) is 2. The van der Waals surface area contributed by atoms with Crippen LogP contribution >= 0.6 is 0 Å². The fourth-order valence-corrected chi connectivity index (χ4v) is 2.90. The minimum atomic E-state index is -3.83. The Labute approximate surface area is 123 Å². The number of anilines is 2. The van der Waals surface area contributed by atoms with Crippen LogP contribution in [0.3, 0.4) is 0 Å². The molecule has 0 amide bonds. The number of nitrogen functional groups attached to an aromatic ring is 1. The van der Waals surface area contributed by atoms with Crippen LogP contribution in [0.1, 0.15) is 11.3 Å². The number of para-hydroxylation sites is 1. The predicted molar refractivity (Wildman–Crippen MR) is 79.7 cm³/mol. The van der Waals surface area contributed by atoms with Gasteiger partial charge in [-0.15, -0.1) is 0 Å². The molecule has 21 heavy (non-hydrogen) atoms. The van der Waals surface area contributed by atoms with Crippen LogP contribution in [-0.4, -0.2) is 25.5 Å². The molecule has 0 saturated heterocycles. The van der Waals surface area contributed by atoms with E-state index in [1.165, 1.54) is 19.2 Å². The van der Waals surface area contributed by atoms with Crippen molar-refractivity contribution >= 4 is 21.5 Å². The van der Waals surface area contributed by atoms with Crippen molar-refractivity contribution in [3.05, 3.63) is 35.5 Å². The lowest BCUT2D eigenvalue weighted by molar-refractivity contribution is 0.379. The van der Waals surface area contributed by atoms with E-state index in [1.54, 1.807) is 26.0 Å². The summed E-state index contributed by atoms with van der Waals surface area (Å²) in [5.74, 6) is 0.169. The average molecular weight is 308 g/mol. The van der Waals surface area contributed by atoms with Crippen LogP contribution in [0.15, 0.2) is 29.2 Å². The number of hydrogen-bond acceptors (Lipinski definition) is 6. The molecule has 1 heterocycles. The highest BCUT2D eigenvalue weighted by Crippen LogP contribution is 2.24. The van der Waals surface area contributed by atoms with Crippen LogP contribution in [-0.2, 0) is 10.0 Å². The molecule has 0 aliphatic rings. The third-order valence-corrected chi connectivity index (χ3v) is 4.40. The molecule has 0 radical (unpaired) electrons. The number of sulfonamides is 1. The number of rotatable bonds is 4. The molecule has 7 nitrogen and oxygen atoms in total. The van der Waals surface area contributed by atoms with Crippen molar-refractivity contribution in [1.82, 2.24) is 9.97 Å². The normalized spacial score (nSPS) is 11.2. The number of nitrogens with one attached hydrogen (secondary N) is 1. The van der Waals surface area contributed by atoms with Crippen LogP contribution in [0.25, 0.3) is 0 Å². The van der Waals surface area contributed by atoms with Crippen molar-refractivity contribution in [2.24, 2.45) is 0 Å². The van der Waals surface area contributed by atoms with E-state index in [2.05, 4.69) is 14.7 Å². The molecule has 3 N–H and O–H groups in total. The zero-order valence-corrected chi connectivity index (χ0v) is 12.7. The molecule has 0 bridgehead atoms. The maximum Gasteiger partial charge on any atom is 0.318 e. The topological polar surface area (TPSA) is 107 Å². The quantitative estimate of drug-likeness (QED) is 0.829. The number of benzene rings is 1. The van der Waals surface area contributed by atoms with Crippen molar-refractivity contribution in [2.75, 3.05) is 17.6 Å². The summed E-state index contributed by atoms with van der Waals surface area (Å²) in [5, 5.41) is 0. The van der Waals surface area contributed by atoms with E-state index >= 15 is 0 Å². The van der Waals surface area contributed by atoms with Gasteiger partial charge in [-0.3, -0.25) is 4.72 Å². The number of methoxy groups -OCH3 is 1. The Morgan fingerprint density at radius 3 is 2.48 bits per heavy atom. The first-order chi connectivity index (χ1) is 9.85. The van der Waals surface area contributed by atoms with E-state index in [1.807, 2.05) is 0 Å². The van der Waals surface area contributed by atoms with Crippen molar-refractivity contribution < 1.29 is 13.2 Å². The summed E-state index contributed by atoms with van der Waals surface area (Å²) in [6.45, 7) is 3.47. The number of aryl methyl sites for hydroxylation is 1. The highest BCUT2D eigenvalue weighted by atomic mass is 32.2. The maximum absolute atomic E-state index is 12.4. The van der Waals surface area contributed by atoms with Crippen LogP contribution < -0.4 is 15.2 Å². The summed E-state index contributed by atoms with van der Waals surface area (Å²) in [4.78, 5) is 8.11. The summed E-state index contributed by atoms with van der Waals surface area (Å²) in [6.07, 6.45) is 0. The zero-order chi connectivity index (χ0) is 15.6. The molecular formula is C13H16N4O3S. The van der Waals surface area contributed by atoms with E-state index < -0.39 is 10.0 Å². The molecule has 2 rings (SSSR count). The molecule has 112 valence electrons. The molecule has 0 fully saturated rings. The standard InChI is InChI=1S/C13H16N4O3S/c1-8-9(2)15-13(20-3)16-12(8)17-21(18,19)11-7-5-4-6-10(11)14/h4-7H,14H2,1-3H3,(H,15,16,17). The predicted octanol–water partition coefficient (Wildman–Crippen LogP) is 1.49. The van der Waals surface area contributed by atoms with Gasteiger partial charge in [-0.1, -0.05) is 12.1 Å². The van der Waals surface area contributed by atoms with Crippen LogP contribution in [0.2, 0.25) is 0 Å². The molecule has 0 aliphatic carbocycles. The van der Waals surface area contributed by atoms with Gasteiger partial charge in [0.05, 0.1) is 12.8 Å². The molecule has 0 aliphatic heterocycles. The molecule has 1 aromatic heterocycles. The van der Waals surface area contributed by atoms with Crippen molar-refractivity contribution in [3.63, 3.8) is 0 Å². The van der Waals surface area contributed by atoms with Gasteiger partial charge in [0.1, 0.15) is 10.7 Å². The van der Waals surface area contributed by atoms with Gasteiger partial charge in [0.2, 0.25) is 0 Å². The molecule has 8 heteroatoms. The van der Waals surface area contributed by atoms with Crippen molar-refractivity contribution in [2.45, 2.75) is 18.7 Å². The third kappa shape index (κ3) is 3.05. The first kappa shape index (κ1) is 15.0. The Kier molecular flexibility index (Phi) is 3.99. The summed E-state index contributed by atoms with van der Waals surface area (Å²) in [7, 11) is -2.41. The summed E-state index contributed by atoms with van der Waals surface area (Å²) in [5.41, 5.74) is 7.12. The van der Waals surface area contributed by atoms with E-state index in [0.29, 0.717) is 11.3 Å². The first-order valence-corrected chi connectivity index (χ1v) is 7.60. The highest BCUT2D eigenvalue weighted by Gasteiger charge is 2.20. The fraction of sp³-hybridized carbons (Fsp3) is 0.231. The Morgan fingerprint density at radius 1 is 1.19 bits per heavy atom. The molecule has 0 saturated carbocycles. The number of hydrogen-bond donors (Lipinski definition) is 2. The second kappa shape index (κ2) is 5.57. The number of ether oxygens (including phenoxy) is 1. The van der Waals surface area contributed by atoms with Gasteiger partial charge in [0.25, 0.3) is 10.0 Å². The number of aromatic nitrogens is 2. The second-order valence-electron chi connectivity index (χ2n) is 4.41. The number of nitrogens with two attached hydrogens (primary N) is 1. The molecule has 0 atom stereocenters. The van der Waals surface area contributed by atoms with Crippen LogP contribution in [0.4, 0.5) is 11.5 Å². The Bertz CT molecular complexity index is 775. The van der Waals surface area contributed by atoms with Crippen LogP contribution in [0.5, 0.6) is 6.01 Å². The summed E-state index contributed by atoms with van der Waals surface area (Å²) in [6, 6.07) is 6.31. The minimum absolute atomic E-state index is 0.000341. The average Bonchev–Trinajstić information content (AvgIpc) is 2.43. The van der Waals surface area contributed by atoms with E-state index in [-0.39, 0.29) is 22.4 Å². The van der Waals surface area contributed by atoms with Gasteiger partial charge in [-0.2, -0.15) is 4.98 Å². The van der Waals surface area contributed by atoms with E-state index in [0.717, 1.165) is 0 Å².